The Morgan fingerprint density at radius 2 is 1.92 bits per heavy atom. The van der Waals surface area contributed by atoms with E-state index in [1.165, 1.54) is 35.6 Å². The molecule has 25 heavy (non-hydrogen) atoms. The first kappa shape index (κ1) is 17.5. The van der Waals surface area contributed by atoms with E-state index in [4.69, 9.17) is 0 Å². The van der Waals surface area contributed by atoms with Gasteiger partial charge in [0.2, 0.25) is 5.91 Å². The smallest absolute Gasteiger partial charge is 0.406 e. The molecule has 0 unspecified atom stereocenters. The summed E-state index contributed by atoms with van der Waals surface area (Å²) in [5.74, 6) is -0.211. The fraction of sp³-hybridized carbons (Fsp3) is 0.375. The number of amides is 1. The second kappa shape index (κ2) is 7.30. The third-order valence-electron chi connectivity index (χ3n) is 3.68. The van der Waals surface area contributed by atoms with Crippen molar-refractivity contribution in [1.82, 2.24) is 9.88 Å². The molecule has 1 amide bonds. The number of carbonyl (C=O) groups excluding carboxylic acids is 1. The third-order valence-corrected chi connectivity index (χ3v) is 4.49. The number of hydrogen-bond donors (Lipinski definition) is 1. The summed E-state index contributed by atoms with van der Waals surface area (Å²) in [5, 5.41) is 5.38. The molecule has 1 aromatic carbocycles. The number of halogens is 3. The van der Waals surface area contributed by atoms with E-state index in [0.717, 1.165) is 25.9 Å². The summed E-state index contributed by atoms with van der Waals surface area (Å²) in [7, 11) is 0. The Hall–Kier alpha value is -2.29. The van der Waals surface area contributed by atoms with Crippen LogP contribution in [-0.2, 0) is 11.2 Å². The van der Waals surface area contributed by atoms with Gasteiger partial charge >= 0.3 is 6.36 Å². The van der Waals surface area contributed by atoms with Crippen LogP contribution < -0.4 is 10.1 Å². The van der Waals surface area contributed by atoms with Crippen molar-refractivity contribution in [3.8, 4) is 5.75 Å². The minimum absolute atomic E-state index is 0.0722. The molecule has 0 spiro atoms. The molecule has 2 aromatic rings. The maximum atomic E-state index is 12.1. The lowest BCUT2D eigenvalue weighted by molar-refractivity contribution is -0.274. The molecule has 0 radical (unpaired) electrons. The number of rotatable bonds is 5. The van der Waals surface area contributed by atoms with Crippen LogP contribution >= 0.6 is 11.3 Å². The molecule has 2 heterocycles. The van der Waals surface area contributed by atoms with Crippen molar-refractivity contribution in [2.24, 2.45) is 0 Å². The Morgan fingerprint density at radius 1 is 1.24 bits per heavy atom. The Labute approximate surface area is 146 Å². The van der Waals surface area contributed by atoms with Gasteiger partial charge in [-0.1, -0.05) is 0 Å². The molecular formula is C16H16F3N3O2S. The number of carbonyl (C=O) groups is 1. The molecule has 1 aliphatic rings. The van der Waals surface area contributed by atoms with Gasteiger partial charge in [-0.2, -0.15) is 0 Å². The van der Waals surface area contributed by atoms with Gasteiger partial charge in [-0.25, -0.2) is 4.98 Å². The zero-order chi connectivity index (χ0) is 17.9. The van der Waals surface area contributed by atoms with Crippen molar-refractivity contribution in [2.75, 3.05) is 18.4 Å². The lowest BCUT2D eigenvalue weighted by atomic mass is 10.3. The largest absolute Gasteiger partial charge is 0.573 e. The third kappa shape index (κ3) is 5.09. The molecule has 3 rings (SSSR count). The molecular weight excluding hydrogens is 355 g/mol. The fourth-order valence-corrected chi connectivity index (χ4v) is 3.27. The minimum atomic E-state index is -4.71. The Balaban J connectivity index is 1.56. The molecule has 0 aliphatic carbocycles. The van der Waals surface area contributed by atoms with Crippen LogP contribution in [0.1, 0.15) is 18.5 Å². The number of likely N-dealkylation sites (tertiary alicyclic amines) is 1. The zero-order valence-electron chi connectivity index (χ0n) is 13.2. The number of anilines is 2. The highest BCUT2D eigenvalue weighted by Crippen LogP contribution is 2.26. The van der Waals surface area contributed by atoms with E-state index in [-0.39, 0.29) is 18.1 Å². The van der Waals surface area contributed by atoms with E-state index in [9.17, 15) is 18.0 Å². The van der Waals surface area contributed by atoms with Crippen molar-refractivity contribution in [3.63, 3.8) is 0 Å². The summed E-state index contributed by atoms with van der Waals surface area (Å²) in [6.07, 6.45) is -2.36. The van der Waals surface area contributed by atoms with Gasteiger partial charge in [-0.15, -0.1) is 24.5 Å². The summed E-state index contributed by atoms with van der Waals surface area (Å²) in [6, 6.07) is 5.39. The van der Waals surface area contributed by atoms with Crippen molar-refractivity contribution in [1.29, 1.82) is 0 Å². The van der Waals surface area contributed by atoms with Gasteiger partial charge in [-0.05, 0) is 37.1 Å². The van der Waals surface area contributed by atoms with Gasteiger partial charge in [-0.3, -0.25) is 4.79 Å². The number of thiazole rings is 1. The molecule has 1 aromatic heterocycles. The predicted octanol–water partition coefficient (Wildman–Crippen LogP) is 3.95. The van der Waals surface area contributed by atoms with E-state index < -0.39 is 6.36 Å². The first-order chi connectivity index (χ1) is 11.9. The monoisotopic (exact) mass is 371 g/mol. The second-order valence-electron chi connectivity index (χ2n) is 5.61. The van der Waals surface area contributed by atoms with Gasteiger partial charge in [0.05, 0.1) is 12.1 Å². The van der Waals surface area contributed by atoms with Crippen LogP contribution in [0, 0.1) is 0 Å². The SMILES string of the molecule is O=C(Cc1csc(Nc2ccc(OC(F)(F)F)cc2)n1)N1CCCC1. The van der Waals surface area contributed by atoms with Crippen molar-refractivity contribution in [2.45, 2.75) is 25.6 Å². The molecule has 134 valence electrons. The number of benzene rings is 1. The van der Waals surface area contributed by atoms with E-state index in [2.05, 4.69) is 15.0 Å². The maximum Gasteiger partial charge on any atom is 0.573 e. The van der Waals surface area contributed by atoms with Gasteiger partial charge in [0, 0.05) is 24.2 Å². The lowest BCUT2D eigenvalue weighted by Crippen LogP contribution is -2.29. The molecule has 1 aliphatic heterocycles. The topological polar surface area (TPSA) is 54.5 Å². The molecule has 0 saturated carbocycles. The summed E-state index contributed by atoms with van der Waals surface area (Å²) in [4.78, 5) is 18.3. The van der Waals surface area contributed by atoms with Gasteiger partial charge < -0.3 is 15.0 Å². The van der Waals surface area contributed by atoms with Gasteiger partial charge in [0.1, 0.15) is 5.75 Å². The molecule has 5 nitrogen and oxygen atoms in total. The van der Waals surface area contributed by atoms with Gasteiger partial charge in [0.15, 0.2) is 5.13 Å². The van der Waals surface area contributed by atoms with Crippen LogP contribution in [0.3, 0.4) is 0 Å². The number of hydrogen-bond acceptors (Lipinski definition) is 5. The zero-order valence-corrected chi connectivity index (χ0v) is 14.0. The first-order valence-electron chi connectivity index (χ1n) is 7.74. The normalized spacial score (nSPS) is 14.6. The average Bonchev–Trinajstić information content (AvgIpc) is 3.20. The molecule has 0 atom stereocenters. The van der Waals surface area contributed by atoms with Crippen LogP contribution in [0.25, 0.3) is 0 Å². The minimum Gasteiger partial charge on any atom is -0.406 e. The van der Waals surface area contributed by atoms with E-state index in [1.54, 1.807) is 5.38 Å². The van der Waals surface area contributed by atoms with Crippen LogP contribution in [0.15, 0.2) is 29.6 Å². The molecule has 9 heteroatoms. The average molecular weight is 371 g/mol. The number of nitrogens with zero attached hydrogens (tertiary/aromatic N) is 2. The van der Waals surface area contributed by atoms with Crippen LogP contribution in [0.4, 0.5) is 24.0 Å². The Morgan fingerprint density at radius 3 is 2.56 bits per heavy atom. The van der Waals surface area contributed by atoms with Gasteiger partial charge in [0.25, 0.3) is 0 Å². The highest BCUT2D eigenvalue weighted by molar-refractivity contribution is 7.13. The molecule has 0 bridgehead atoms. The second-order valence-corrected chi connectivity index (χ2v) is 6.46. The molecule has 1 fully saturated rings. The number of alkyl halides is 3. The number of nitrogens with one attached hydrogen (secondary N) is 1. The van der Waals surface area contributed by atoms with Crippen LogP contribution in [0.5, 0.6) is 5.75 Å². The van der Waals surface area contributed by atoms with E-state index in [0.29, 0.717) is 16.5 Å². The number of aromatic nitrogens is 1. The summed E-state index contributed by atoms with van der Waals surface area (Å²) < 4.78 is 40.2. The molecule has 1 saturated heterocycles. The number of ether oxygens (including phenoxy) is 1. The Bertz CT molecular complexity index is 725. The summed E-state index contributed by atoms with van der Waals surface area (Å²) in [5.41, 5.74) is 1.27. The summed E-state index contributed by atoms with van der Waals surface area (Å²) >= 11 is 1.34. The fourth-order valence-electron chi connectivity index (χ4n) is 2.54. The van der Waals surface area contributed by atoms with Crippen LogP contribution in [-0.4, -0.2) is 35.2 Å². The Kier molecular flexibility index (Phi) is 5.12. The highest BCUT2D eigenvalue weighted by atomic mass is 32.1. The maximum absolute atomic E-state index is 12.1. The van der Waals surface area contributed by atoms with Crippen molar-refractivity contribution >= 4 is 28.1 Å². The van der Waals surface area contributed by atoms with Crippen molar-refractivity contribution in [3.05, 3.63) is 35.3 Å². The highest BCUT2D eigenvalue weighted by Gasteiger charge is 2.30. The standard InChI is InChI=1S/C16H16F3N3O2S/c17-16(18,19)24-13-5-3-11(4-6-13)20-15-21-12(10-25-15)9-14(23)22-7-1-2-8-22/h3-6,10H,1-2,7-9H2,(H,20,21). The van der Waals surface area contributed by atoms with Crippen molar-refractivity contribution < 1.29 is 22.7 Å². The summed E-state index contributed by atoms with van der Waals surface area (Å²) in [6.45, 7) is 1.61. The van der Waals surface area contributed by atoms with E-state index >= 15 is 0 Å². The lowest BCUT2D eigenvalue weighted by Gasteiger charge is -2.13. The predicted molar refractivity (Wildman–Crippen MR) is 88.0 cm³/mol. The molecule has 1 N–H and O–H groups in total. The van der Waals surface area contributed by atoms with E-state index in [1.807, 2.05) is 4.90 Å². The first-order valence-corrected chi connectivity index (χ1v) is 8.62. The quantitative estimate of drug-likeness (QED) is 0.865. The van der Waals surface area contributed by atoms with Crippen LogP contribution in [0.2, 0.25) is 0 Å².